The van der Waals surface area contributed by atoms with Crippen LogP contribution in [0.1, 0.15) is 30.6 Å². The van der Waals surface area contributed by atoms with E-state index < -0.39 is 6.10 Å². The van der Waals surface area contributed by atoms with Crippen molar-refractivity contribution in [2.75, 3.05) is 0 Å². The minimum Gasteiger partial charge on any atom is -0.374 e. The lowest BCUT2D eigenvalue weighted by Gasteiger charge is -2.08. The molecule has 2 heteroatoms. The minimum absolute atomic E-state index is 0.742. The first kappa shape index (κ1) is 9.76. The predicted molar refractivity (Wildman–Crippen MR) is 51.0 cm³/mol. The van der Waals surface area contributed by atoms with E-state index >= 15 is 0 Å². The summed E-state index contributed by atoms with van der Waals surface area (Å²) in [6.07, 6.45) is 0.951. The lowest BCUT2D eigenvalue weighted by Crippen LogP contribution is -1.99. The zero-order chi connectivity index (χ0) is 9.68. The number of nitrogens with zero attached hydrogens (tertiary/aromatic N) is 1. The van der Waals surface area contributed by atoms with Crippen LogP contribution in [0.3, 0.4) is 0 Å². The number of rotatable bonds is 3. The number of hydrogen-bond acceptors (Lipinski definition) is 2. The monoisotopic (exact) mass is 175 g/mol. The summed E-state index contributed by atoms with van der Waals surface area (Å²) in [5, 5.41) is 18.0. The zero-order valence-electron chi connectivity index (χ0n) is 7.70. The van der Waals surface area contributed by atoms with Gasteiger partial charge in [-0.3, -0.25) is 0 Å². The van der Waals surface area contributed by atoms with Crippen molar-refractivity contribution in [3.8, 4) is 6.07 Å². The summed E-state index contributed by atoms with van der Waals surface area (Å²) in [4.78, 5) is 0. The average molecular weight is 175 g/mol. The molecule has 0 spiro atoms. The number of nitriles is 1. The highest BCUT2D eigenvalue weighted by Crippen LogP contribution is 2.18. The molecule has 0 radical (unpaired) electrons. The molecule has 0 aliphatic heterocycles. The van der Waals surface area contributed by atoms with Gasteiger partial charge >= 0.3 is 0 Å². The van der Waals surface area contributed by atoms with Crippen molar-refractivity contribution >= 4 is 0 Å². The molecule has 0 heterocycles. The molecule has 2 nitrogen and oxygen atoms in total. The van der Waals surface area contributed by atoms with Gasteiger partial charge in [-0.05, 0) is 17.5 Å². The molecule has 1 unspecified atom stereocenters. The quantitative estimate of drug-likeness (QED) is 0.716. The third-order valence-electron chi connectivity index (χ3n) is 1.99. The minimum atomic E-state index is -0.984. The summed E-state index contributed by atoms with van der Waals surface area (Å²) >= 11 is 0. The molecule has 0 bridgehead atoms. The van der Waals surface area contributed by atoms with Crippen LogP contribution in [0.15, 0.2) is 24.3 Å². The molecule has 1 aromatic carbocycles. The summed E-state index contributed by atoms with van der Waals surface area (Å²) in [6, 6.07) is 9.37. The molecule has 0 aliphatic rings. The highest BCUT2D eigenvalue weighted by molar-refractivity contribution is 5.31. The lowest BCUT2D eigenvalue weighted by molar-refractivity contribution is 0.234. The van der Waals surface area contributed by atoms with Gasteiger partial charge in [-0.2, -0.15) is 5.26 Å². The van der Waals surface area contributed by atoms with Gasteiger partial charge in [-0.25, -0.2) is 0 Å². The summed E-state index contributed by atoms with van der Waals surface area (Å²) < 4.78 is 0. The van der Waals surface area contributed by atoms with E-state index in [-0.39, 0.29) is 0 Å². The predicted octanol–water partition coefficient (Wildman–Crippen LogP) is 2.20. The second-order valence-electron chi connectivity index (χ2n) is 2.98. The van der Waals surface area contributed by atoms with Crippen molar-refractivity contribution in [3.63, 3.8) is 0 Å². The van der Waals surface area contributed by atoms with Gasteiger partial charge in [-0.1, -0.05) is 37.6 Å². The molecule has 1 rings (SSSR count). The van der Waals surface area contributed by atoms with Gasteiger partial charge in [0, 0.05) is 0 Å². The van der Waals surface area contributed by atoms with Crippen molar-refractivity contribution in [2.45, 2.75) is 25.9 Å². The van der Waals surface area contributed by atoms with E-state index in [1.165, 1.54) is 0 Å². The van der Waals surface area contributed by atoms with E-state index in [2.05, 4.69) is 6.92 Å². The Balaban J connectivity index is 2.98. The van der Waals surface area contributed by atoms with Gasteiger partial charge in [0.2, 0.25) is 0 Å². The van der Waals surface area contributed by atoms with Crippen LogP contribution in [-0.4, -0.2) is 5.11 Å². The Morgan fingerprint density at radius 2 is 2.15 bits per heavy atom. The molecule has 0 fully saturated rings. The average Bonchev–Trinajstić information content (AvgIpc) is 2.18. The Hall–Kier alpha value is -1.33. The van der Waals surface area contributed by atoms with Crippen LogP contribution in [0.5, 0.6) is 0 Å². The van der Waals surface area contributed by atoms with Crippen molar-refractivity contribution in [1.82, 2.24) is 0 Å². The van der Waals surface area contributed by atoms with E-state index in [0.29, 0.717) is 0 Å². The van der Waals surface area contributed by atoms with Crippen LogP contribution in [0.25, 0.3) is 0 Å². The van der Waals surface area contributed by atoms with Crippen LogP contribution < -0.4 is 0 Å². The normalized spacial score (nSPS) is 12.1. The molecule has 1 atom stereocenters. The third-order valence-corrected chi connectivity index (χ3v) is 1.99. The van der Waals surface area contributed by atoms with Gasteiger partial charge in [-0.15, -0.1) is 0 Å². The molecular formula is C11H13NO. The van der Waals surface area contributed by atoms with E-state index in [1.807, 2.05) is 24.3 Å². The second kappa shape index (κ2) is 4.64. The highest BCUT2D eigenvalue weighted by Gasteiger charge is 2.09. The van der Waals surface area contributed by atoms with E-state index in [0.717, 1.165) is 24.0 Å². The molecule has 13 heavy (non-hydrogen) atoms. The SMILES string of the molecule is CCCc1ccccc1C(O)C#N. The maximum absolute atomic E-state index is 9.38. The standard InChI is InChI=1S/C11H13NO/c1-2-5-9-6-3-4-7-10(9)11(13)8-12/h3-4,6-7,11,13H,2,5H2,1H3. The molecule has 0 aliphatic carbocycles. The molecule has 0 amide bonds. The summed E-state index contributed by atoms with van der Waals surface area (Å²) in [7, 11) is 0. The molecule has 0 saturated heterocycles. The van der Waals surface area contributed by atoms with Crippen LogP contribution in [0, 0.1) is 11.3 Å². The van der Waals surface area contributed by atoms with Gasteiger partial charge < -0.3 is 5.11 Å². The second-order valence-corrected chi connectivity index (χ2v) is 2.98. The maximum atomic E-state index is 9.38. The smallest absolute Gasteiger partial charge is 0.166 e. The number of aliphatic hydroxyl groups excluding tert-OH is 1. The summed E-state index contributed by atoms with van der Waals surface area (Å²) in [5.41, 5.74) is 1.81. The highest BCUT2D eigenvalue weighted by atomic mass is 16.3. The van der Waals surface area contributed by atoms with Gasteiger partial charge in [0.05, 0.1) is 6.07 Å². The Morgan fingerprint density at radius 1 is 1.46 bits per heavy atom. The van der Waals surface area contributed by atoms with E-state index in [9.17, 15) is 5.11 Å². The Labute approximate surface area is 78.4 Å². The number of hydrogen-bond donors (Lipinski definition) is 1. The fraction of sp³-hybridized carbons (Fsp3) is 0.364. The number of aliphatic hydroxyl groups is 1. The largest absolute Gasteiger partial charge is 0.374 e. The number of benzene rings is 1. The van der Waals surface area contributed by atoms with Crippen molar-refractivity contribution in [3.05, 3.63) is 35.4 Å². The molecule has 0 saturated carbocycles. The van der Waals surface area contributed by atoms with Crippen molar-refractivity contribution < 1.29 is 5.11 Å². The van der Waals surface area contributed by atoms with Gasteiger partial charge in [0.1, 0.15) is 0 Å². The Morgan fingerprint density at radius 3 is 2.77 bits per heavy atom. The first-order chi connectivity index (χ1) is 6.29. The van der Waals surface area contributed by atoms with Crippen molar-refractivity contribution in [1.29, 1.82) is 5.26 Å². The molecule has 1 aromatic rings. The van der Waals surface area contributed by atoms with Gasteiger partial charge in [0.15, 0.2) is 6.10 Å². The topological polar surface area (TPSA) is 44.0 Å². The lowest BCUT2D eigenvalue weighted by atomic mass is 10.00. The zero-order valence-corrected chi connectivity index (χ0v) is 7.70. The third kappa shape index (κ3) is 2.30. The first-order valence-electron chi connectivity index (χ1n) is 4.45. The van der Waals surface area contributed by atoms with Crippen molar-refractivity contribution in [2.24, 2.45) is 0 Å². The van der Waals surface area contributed by atoms with E-state index in [4.69, 9.17) is 5.26 Å². The summed E-state index contributed by atoms with van der Waals surface area (Å²) in [6.45, 7) is 2.08. The first-order valence-corrected chi connectivity index (χ1v) is 4.45. The fourth-order valence-corrected chi connectivity index (χ4v) is 1.37. The van der Waals surface area contributed by atoms with Crippen LogP contribution in [0.2, 0.25) is 0 Å². The fourth-order valence-electron chi connectivity index (χ4n) is 1.37. The number of aryl methyl sites for hydroxylation is 1. The molecule has 1 N–H and O–H groups in total. The Kier molecular flexibility index (Phi) is 3.48. The molecule has 68 valence electrons. The van der Waals surface area contributed by atoms with Gasteiger partial charge in [0.25, 0.3) is 0 Å². The Bertz CT molecular complexity index is 314. The molecular weight excluding hydrogens is 162 g/mol. The van der Waals surface area contributed by atoms with Crippen LogP contribution in [-0.2, 0) is 6.42 Å². The molecule has 0 aromatic heterocycles. The summed E-state index contributed by atoms with van der Waals surface area (Å²) in [5.74, 6) is 0. The maximum Gasteiger partial charge on any atom is 0.166 e. The van der Waals surface area contributed by atoms with Crippen LogP contribution in [0.4, 0.5) is 0 Å². The van der Waals surface area contributed by atoms with Crippen LogP contribution >= 0.6 is 0 Å². The van der Waals surface area contributed by atoms with E-state index in [1.54, 1.807) is 6.07 Å².